The van der Waals surface area contributed by atoms with Crippen molar-refractivity contribution < 1.29 is 5.21 Å². The first-order valence-electron chi connectivity index (χ1n) is 5.92. The molecule has 4 nitrogen and oxygen atoms in total. The summed E-state index contributed by atoms with van der Waals surface area (Å²) in [5, 5.41) is 12.7. The van der Waals surface area contributed by atoms with E-state index in [1.54, 1.807) is 12.5 Å². The van der Waals surface area contributed by atoms with Crippen LogP contribution in [0.1, 0.15) is 39.0 Å². The van der Waals surface area contributed by atoms with Crippen LogP contribution < -0.4 is 0 Å². The molecule has 1 aromatic rings. The van der Waals surface area contributed by atoms with E-state index < -0.39 is 0 Å². The Morgan fingerprint density at radius 1 is 1.44 bits per heavy atom. The molecular weight excluding hydrogens is 202 g/mol. The highest BCUT2D eigenvalue weighted by Crippen LogP contribution is 2.37. The molecule has 0 spiro atoms. The van der Waals surface area contributed by atoms with Crippen LogP contribution in [0.3, 0.4) is 0 Å². The average Bonchev–Trinajstić information content (AvgIpc) is 2.79. The fourth-order valence-electron chi connectivity index (χ4n) is 2.52. The van der Waals surface area contributed by atoms with Gasteiger partial charge in [-0.1, -0.05) is 31.3 Å². The molecular formula is C12H19N3O. The van der Waals surface area contributed by atoms with Gasteiger partial charge in [-0.2, -0.15) is 0 Å². The highest BCUT2D eigenvalue weighted by atomic mass is 16.4. The van der Waals surface area contributed by atoms with Gasteiger partial charge in [0.2, 0.25) is 0 Å². The Hall–Kier alpha value is -1.32. The minimum atomic E-state index is 0.0667. The van der Waals surface area contributed by atoms with E-state index in [4.69, 9.17) is 0 Å². The van der Waals surface area contributed by atoms with E-state index in [1.807, 2.05) is 10.8 Å². The molecule has 88 valence electrons. The Labute approximate surface area is 96.0 Å². The van der Waals surface area contributed by atoms with E-state index in [0.29, 0.717) is 6.54 Å². The molecule has 0 radical (unpaired) electrons. The molecule has 0 aliphatic heterocycles. The third kappa shape index (κ3) is 2.26. The zero-order valence-electron chi connectivity index (χ0n) is 9.76. The maximum absolute atomic E-state index is 9.20. The van der Waals surface area contributed by atoms with Gasteiger partial charge in [0, 0.05) is 17.8 Å². The Morgan fingerprint density at radius 2 is 2.19 bits per heavy atom. The molecule has 1 fully saturated rings. The zero-order chi connectivity index (χ0) is 11.4. The summed E-state index contributed by atoms with van der Waals surface area (Å²) in [6, 6.07) is 0. The molecule has 1 aliphatic carbocycles. The van der Waals surface area contributed by atoms with Gasteiger partial charge < -0.3 is 9.77 Å². The van der Waals surface area contributed by atoms with Crippen LogP contribution in [0.2, 0.25) is 0 Å². The molecule has 1 saturated carbocycles. The molecule has 0 aromatic carbocycles. The van der Waals surface area contributed by atoms with E-state index in [9.17, 15) is 5.21 Å². The fraction of sp³-hybridized carbons (Fsp3) is 0.667. The van der Waals surface area contributed by atoms with Crippen molar-refractivity contribution in [2.75, 3.05) is 0 Å². The third-order valence-corrected chi connectivity index (χ3v) is 3.67. The Bertz CT molecular complexity index is 350. The molecule has 2 rings (SSSR count). The molecule has 1 aliphatic rings. The normalized spacial score (nSPS) is 20.9. The van der Waals surface area contributed by atoms with Gasteiger partial charge in [0.1, 0.15) is 0 Å². The van der Waals surface area contributed by atoms with Crippen LogP contribution in [0.25, 0.3) is 0 Å². The number of imidazole rings is 1. The van der Waals surface area contributed by atoms with Gasteiger partial charge in [-0.05, 0) is 12.8 Å². The molecule has 4 heteroatoms. The molecule has 1 aromatic heterocycles. The first kappa shape index (κ1) is 11.2. The van der Waals surface area contributed by atoms with E-state index in [-0.39, 0.29) is 5.41 Å². The van der Waals surface area contributed by atoms with E-state index in [2.05, 4.69) is 17.1 Å². The second kappa shape index (κ2) is 4.68. The first-order chi connectivity index (χ1) is 7.74. The lowest BCUT2D eigenvalue weighted by atomic mass is 9.72. The minimum absolute atomic E-state index is 0.0667. The summed E-state index contributed by atoms with van der Waals surface area (Å²) in [7, 11) is 0. The quantitative estimate of drug-likeness (QED) is 0.484. The molecule has 16 heavy (non-hydrogen) atoms. The SMILES string of the molecule is CC1(/C(Cn2ccnc2)=N/O)CCCCC1. The maximum Gasteiger partial charge on any atom is 0.0949 e. The smallest absolute Gasteiger partial charge is 0.0949 e. The van der Waals surface area contributed by atoms with Crippen molar-refractivity contribution in [2.24, 2.45) is 10.6 Å². The second-order valence-corrected chi connectivity index (χ2v) is 4.90. The highest BCUT2D eigenvalue weighted by molar-refractivity contribution is 5.89. The zero-order valence-corrected chi connectivity index (χ0v) is 9.76. The average molecular weight is 221 g/mol. The van der Waals surface area contributed by atoms with Gasteiger partial charge in [0.25, 0.3) is 0 Å². The van der Waals surface area contributed by atoms with Gasteiger partial charge in [0.05, 0.1) is 18.6 Å². The topological polar surface area (TPSA) is 50.4 Å². The summed E-state index contributed by atoms with van der Waals surface area (Å²) in [6.45, 7) is 2.85. The van der Waals surface area contributed by atoms with Crippen molar-refractivity contribution in [3.8, 4) is 0 Å². The van der Waals surface area contributed by atoms with Crippen LogP contribution in [0.15, 0.2) is 23.9 Å². The van der Waals surface area contributed by atoms with E-state index in [0.717, 1.165) is 18.6 Å². The van der Waals surface area contributed by atoms with Crippen molar-refractivity contribution >= 4 is 5.71 Å². The lowest BCUT2D eigenvalue weighted by molar-refractivity contribution is 0.270. The molecule has 0 bridgehead atoms. The molecule has 0 unspecified atom stereocenters. The van der Waals surface area contributed by atoms with E-state index >= 15 is 0 Å². The largest absolute Gasteiger partial charge is 0.411 e. The standard InChI is InChI=1S/C12H19N3O/c1-12(5-3-2-4-6-12)11(14-16)9-15-8-7-13-10-15/h7-8,10,16H,2-6,9H2,1H3/b14-11+. The number of hydrogen-bond donors (Lipinski definition) is 1. The maximum atomic E-state index is 9.20. The predicted molar refractivity (Wildman–Crippen MR) is 62.6 cm³/mol. The van der Waals surface area contributed by atoms with Crippen molar-refractivity contribution in [3.63, 3.8) is 0 Å². The molecule has 1 N–H and O–H groups in total. The minimum Gasteiger partial charge on any atom is -0.411 e. The van der Waals surface area contributed by atoms with Crippen LogP contribution in [-0.2, 0) is 6.54 Å². The van der Waals surface area contributed by atoms with Crippen LogP contribution in [-0.4, -0.2) is 20.5 Å². The van der Waals surface area contributed by atoms with Crippen molar-refractivity contribution in [3.05, 3.63) is 18.7 Å². The predicted octanol–water partition coefficient (Wildman–Crippen LogP) is 2.68. The molecule has 0 atom stereocenters. The summed E-state index contributed by atoms with van der Waals surface area (Å²) >= 11 is 0. The van der Waals surface area contributed by atoms with Crippen LogP contribution >= 0.6 is 0 Å². The molecule has 1 heterocycles. The monoisotopic (exact) mass is 221 g/mol. The number of hydrogen-bond acceptors (Lipinski definition) is 3. The van der Waals surface area contributed by atoms with Gasteiger partial charge in [-0.3, -0.25) is 0 Å². The van der Waals surface area contributed by atoms with Gasteiger partial charge in [-0.25, -0.2) is 4.98 Å². The number of rotatable bonds is 3. The summed E-state index contributed by atoms with van der Waals surface area (Å²) in [5.74, 6) is 0. The molecule has 0 amide bonds. The van der Waals surface area contributed by atoms with Crippen molar-refractivity contribution in [2.45, 2.75) is 45.6 Å². The Morgan fingerprint density at radius 3 is 2.75 bits per heavy atom. The van der Waals surface area contributed by atoms with Gasteiger partial charge in [0.15, 0.2) is 0 Å². The first-order valence-corrected chi connectivity index (χ1v) is 5.92. The van der Waals surface area contributed by atoms with Gasteiger partial charge >= 0.3 is 0 Å². The summed E-state index contributed by atoms with van der Waals surface area (Å²) in [6.07, 6.45) is 11.4. The fourth-order valence-corrected chi connectivity index (χ4v) is 2.52. The summed E-state index contributed by atoms with van der Waals surface area (Å²) < 4.78 is 1.95. The van der Waals surface area contributed by atoms with E-state index in [1.165, 1.54) is 19.3 Å². The molecule has 0 saturated heterocycles. The van der Waals surface area contributed by atoms with Gasteiger partial charge in [-0.15, -0.1) is 0 Å². The summed E-state index contributed by atoms with van der Waals surface area (Å²) in [5.41, 5.74) is 0.947. The lowest BCUT2D eigenvalue weighted by Gasteiger charge is -2.34. The van der Waals surface area contributed by atoms with Crippen LogP contribution in [0, 0.1) is 5.41 Å². The highest BCUT2D eigenvalue weighted by Gasteiger charge is 2.32. The Kier molecular flexibility index (Phi) is 3.27. The third-order valence-electron chi connectivity index (χ3n) is 3.67. The lowest BCUT2D eigenvalue weighted by Crippen LogP contribution is -2.33. The number of aromatic nitrogens is 2. The number of oxime groups is 1. The summed E-state index contributed by atoms with van der Waals surface area (Å²) in [4.78, 5) is 4.00. The van der Waals surface area contributed by atoms with Crippen LogP contribution in [0.5, 0.6) is 0 Å². The number of nitrogens with zero attached hydrogens (tertiary/aromatic N) is 3. The van der Waals surface area contributed by atoms with Crippen LogP contribution in [0.4, 0.5) is 0 Å². The second-order valence-electron chi connectivity index (χ2n) is 4.90. The van der Waals surface area contributed by atoms with Crippen molar-refractivity contribution in [1.82, 2.24) is 9.55 Å². The Balaban J connectivity index is 2.10. The van der Waals surface area contributed by atoms with Crippen molar-refractivity contribution in [1.29, 1.82) is 0 Å².